The summed E-state index contributed by atoms with van der Waals surface area (Å²) in [4.78, 5) is 27.9. The zero-order chi connectivity index (χ0) is 27.3. The number of benzene rings is 2. The van der Waals surface area contributed by atoms with E-state index in [1.807, 2.05) is 52.0 Å². The number of hydrogen-bond acceptors (Lipinski definition) is 4. The number of anilines is 1. The molecule has 0 bridgehead atoms. The van der Waals surface area contributed by atoms with Crippen molar-refractivity contribution >= 4 is 50.7 Å². The Kier molecular flexibility index (Phi) is 10.2. The molecule has 1 unspecified atom stereocenters. The average Bonchev–Trinajstić information content (AvgIpc) is 2.75. The van der Waals surface area contributed by atoms with Crippen LogP contribution in [0, 0.1) is 6.92 Å². The van der Waals surface area contributed by atoms with Crippen LogP contribution in [0.4, 0.5) is 5.69 Å². The highest BCUT2D eigenvalue weighted by Crippen LogP contribution is 2.31. The van der Waals surface area contributed by atoms with E-state index >= 15 is 0 Å². The molecule has 0 aliphatic heterocycles. The number of carbonyl (C=O) groups is 2. The monoisotopic (exact) mass is 555 g/mol. The Bertz CT molecular complexity index is 1200. The molecule has 2 rings (SSSR count). The molecule has 0 aliphatic carbocycles. The molecule has 1 N–H and O–H groups in total. The first-order valence-electron chi connectivity index (χ1n) is 11.7. The van der Waals surface area contributed by atoms with E-state index in [0.717, 1.165) is 21.7 Å². The summed E-state index contributed by atoms with van der Waals surface area (Å²) in [5, 5.41) is 3.52. The lowest BCUT2D eigenvalue weighted by atomic mass is 10.1. The summed E-state index contributed by atoms with van der Waals surface area (Å²) in [5.41, 5.74) is 1.76. The summed E-state index contributed by atoms with van der Waals surface area (Å²) in [6.45, 7) is 9.59. The third-order valence-corrected chi connectivity index (χ3v) is 7.33. The van der Waals surface area contributed by atoms with Crippen LogP contribution in [-0.4, -0.2) is 49.5 Å². The highest BCUT2D eigenvalue weighted by atomic mass is 35.5. The van der Waals surface area contributed by atoms with Crippen LogP contribution in [0.3, 0.4) is 0 Å². The van der Waals surface area contributed by atoms with Crippen molar-refractivity contribution in [2.24, 2.45) is 0 Å². The van der Waals surface area contributed by atoms with Crippen molar-refractivity contribution in [3.8, 4) is 0 Å². The van der Waals surface area contributed by atoms with Crippen molar-refractivity contribution in [3.63, 3.8) is 0 Å². The highest BCUT2D eigenvalue weighted by Gasteiger charge is 2.29. The fourth-order valence-electron chi connectivity index (χ4n) is 3.69. The maximum atomic E-state index is 13.4. The predicted octanol–water partition coefficient (Wildman–Crippen LogP) is 5.18. The maximum absolute atomic E-state index is 13.4. The van der Waals surface area contributed by atoms with E-state index in [1.165, 1.54) is 12.1 Å². The van der Waals surface area contributed by atoms with Gasteiger partial charge in [-0.25, -0.2) is 8.42 Å². The Morgan fingerprint density at radius 2 is 1.72 bits per heavy atom. The fraction of sp³-hybridized carbons (Fsp3) is 0.462. The number of carbonyl (C=O) groups excluding carboxylic acids is 2. The van der Waals surface area contributed by atoms with Gasteiger partial charge in [-0.1, -0.05) is 47.5 Å². The molecule has 36 heavy (non-hydrogen) atoms. The van der Waals surface area contributed by atoms with Crippen LogP contribution in [0.2, 0.25) is 10.0 Å². The summed E-state index contributed by atoms with van der Waals surface area (Å²) in [7, 11) is -3.68. The van der Waals surface area contributed by atoms with E-state index in [2.05, 4.69) is 5.32 Å². The van der Waals surface area contributed by atoms with Crippen LogP contribution < -0.4 is 9.62 Å². The molecular weight excluding hydrogens is 521 g/mol. The van der Waals surface area contributed by atoms with E-state index < -0.39 is 21.6 Å². The first-order valence-corrected chi connectivity index (χ1v) is 14.3. The first-order chi connectivity index (χ1) is 16.6. The largest absolute Gasteiger partial charge is 0.350 e. The molecule has 2 aromatic rings. The number of sulfonamides is 1. The van der Waals surface area contributed by atoms with E-state index in [1.54, 1.807) is 17.9 Å². The first kappa shape index (κ1) is 29.9. The predicted molar refractivity (Wildman–Crippen MR) is 147 cm³/mol. The zero-order valence-electron chi connectivity index (χ0n) is 21.6. The molecule has 0 radical (unpaired) electrons. The smallest absolute Gasteiger partial charge is 0.242 e. The quantitative estimate of drug-likeness (QED) is 0.437. The normalized spacial score (nSPS) is 12.7. The molecule has 1 atom stereocenters. The van der Waals surface area contributed by atoms with Crippen LogP contribution in [0.5, 0.6) is 0 Å². The SMILES string of the molecule is Cc1ccccc1CN(C(=O)CCCN(c1cc(Cl)ccc1Cl)S(C)(=O)=O)C(C)C(=O)NC(C)(C)C. The van der Waals surface area contributed by atoms with Crippen molar-refractivity contribution < 1.29 is 18.0 Å². The van der Waals surface area contributed by atoms with Gasteiger partial charge in [0, 0.05) is 30.1 Å². The Labute approximate surface area is 224 Å². The van der Waals surface area contributed by atoms with Crippen molar-refractivity contribution in [2.75, 3.05) is 17.1 Å². The molecule has 0 aromatic heterocycles. The standard InChI is InChI=1S/C26H35Cl2N3O4S/c1-18-10-7-8-11-20(18)17-30(19(2)25(33)29-26(3,4)5)24(32)12-9-15-31(36(6,34)35)23-16-21(27)13-14-22(23)28/h7-8,10-11,13-14,16,19H,9,12,15,17H2,1-6H3,(H,29,33). The van der Waals surface area contributed by atoms with E-state index in [4.69, 9.17) is 23.2 Å². The number of rotatable bonds is 10. The summed E-state index contributed by atoms with van der Waals surface area (Å²) in [6, 6.07) is 11.6. The minimum atomic E-state index is -3.68. The summed E-state index contributed by atoms with van der Waals surface area (Å²) in [5.74, 6) is -0.506. The molecular formula is C26H35Cl2N3O4S. The van der Waals surface area contributed by atoms with Gasteiger partial charge < -0.3 is 10.2 Å². The molecule has 0 saturated carbocycles. The van der Waals surface area contributed by atoms with Gasteiger partial charge in [0.1, 0.15) is 6.04 Å². The molecule has 2 amide bonds. The molecule has 2 aromatic carbocycles. The Hall–Kier alpha value is -2.29. The van der Waals surface area contributed by atoms with Gasteiger partial charge in [0.15, 0.2) is 0 Å². The second-order valence-electron chi connectivity index (χ2n) is 9.90. The van der Waals surface area contributed by atoms with Crippen molar-refractivity contribution in [1.29, 1.82) is 0 Å². The van der Waals surface area contributed by atoms with Gasteiger partial charge in [0.25, 0.3) is 0 Å². The van der Waals surface area contributed by atoms with Gasteiger partial charge in [-0.2, -0.15) is 0 Å². The second kappa shape index (κ2) is 12.3. The number of aryl methyl sites for hydroxylation is 1. The van der Waals surface area contributed by atoms with Crippen LogP contribution in [0.15, 0.2) is 42.5 Å². The number of nitrogens with one attached hydrogen (secondary N) is 1. The van der Waals surface area contributed by atoms with Gasteiger partial charge in [0.05, 0.1) is 17.0 Å². The van der Waals surface area contributed by atoms with Gasteiger partial charge in [-0.15, -0.1) is 0 Å². The number of hydrogen-bond donors (Lipinski definition) is 1. The number of nitrogens with zero attached hydrogens (tertiary/aromatic N) is 2. The van der Waals surface area contributed by atoms with Crippen molar-refractivity contribution in [1.82, 2.24) is 10.2 Å². The van der Waals surface area contributed by atoms with Crippen LogP contribution in [0.25, 0.3) is 0 Å². The van der Waals surface area contributed by atoms with Crippen LogP contribution >= 0.6 is 23.2 Å². The maximum Gasteiger partial charge on any atom is 0.242 e. The number of halogens is 2. The summed E-state index contributed by atoms with van der Waals surface area (Å²) < 4.78 is 26.1. The topological polar surface area (TPSA) is 86.8 Å². The minimum absolute atomic E-state index is 0.0331. The molecule has 0 spiro atoms. The van der Waals surface area contributed by atoms with Gasteiger partial charge in [0.2, 0.25) is 21.8 Å². The second-order valence-corrected chi connectivity index (χ2v) is 12.6. The molecule has 7 nitrogen and oxygen atoms in total. The molecule has 198 valence electrons. The average molecular weight is 557 g/mol. The van der Waals surface area contributed by atoms with Gasteiger partial charge in [-0.05, 0) is 70.4 Å². The Morgan fingerprint density at radius 3 is 2.31 bits per heavy atom. The van der Waals surface area contributed by atoms with Gasteiger partial charge >= 0.3 is 0 Å². The molecule has 10 heteroatoms. The zero-order valence-corrected chi connectivity index (χ0v) is 24.0. The van der Waals surface area contributed by atoms with E-state index in [0.29, 0.717) is 5.02 Å². The summed E-state index contributed by atoms with van der Waals surface area (Å²) >= 11 is 12.3. The van der Waals surface area contributed by atoms with Crippen molar-refractivity contribution in [2.45, 2.75) is 65.6 Å². The number of amides is 2. The lowest BCUT2D eigenvalue weighted by Crippen LogP contribution is -2.52. The minimum Gasteiger partial charge on any atom is -0.350 e. The third-order valence-electron chi connectivity index (χ3n) is 5.60. The fourth-order valence-corrected chi connectivity index (χ4v) is 5.09. The van der Waals surface area contributed by atoms with E-state index in [-0.39, 0.29) is 48.5 Å². The lowest BCUT2D eigenvalue weighted by Gasteiger charge is -2.32. The molecule has 0 aliphatic rings. The highest BCUT2D eigenvalue weighted by molar-refractivity contribution is 7.92. The Balaban J connectivity index is 2.24. The van der Waals surface area contributed by atoms with Crippen LogP contribution in [-0.2, 0) is 26.2 Å². The van der Waals surface area contributed by atoms with E-state index in [9.17, 15) is 18.0 Å². The summed E-state index contributed by atoms with van der Waals surface area (Å²) in [6.07, 6.45) is 1.35. The lowest BCUT2D eigenvalue weighted by molar-refractivity contribution is -0.141. The van der Waals surface area contributed by atoms with Crippen LogP contribution in [0.1, 0.15) is 51.7 Å². The van der Waals surface area contributed by atoms with Crippen molar-refractivity contribution in [3.05, 3.63) is 63.6 Å². The molecule has 0 fully saturated rings. The van der Waals surface area contributed by atoms with Gasteiger partial charge in [-0.3, -0.25) is 13.9 Å². The molecule has 0 heterocycles. The Morgan fingerprint density at radius 1 is 1.08 bits per heavy atom. The third kappa shape index (κ3) is 8.68. The molecule has 0 saturated heterocycles.